The van der Waals surface area contributed by atoms with E-state index in [1.54, 1.807) is 43.5 Å². The van der Waals surface area contributed by atoms with E-state index in [2.05, 4.69) is 38.8 Å². The van der Waals surface area contributed by atoms with Crippen LogP contribution in [0.15, 0.2) is 36.4 Å². The van der Waals surface area contributed by atoms with Crippen molar-refractivity contribution in [1.82, 2.24) is 16.2 Å². The second-order valence-electron chi connectivity index (χ2n) is 5.51. The predicted molar refractivity (Wildman–Crippen MR) is 119 cm³/mol. The molecule has 0 saturated heterocycles. The third-order valence-electron chi connectivity index (χ3n) is 3.46. The second-order valence-corrected chi connectivity index (χ2v) is 7.48. The van der Waals surface area contributed by atoms with Crippen LogP contribution in [0.4, 0.5) is 0 Å². The minimum Gasteiger partial charge on any atom is -0.496 e. The predicted octanol–water partition coefficient (Wildman–Crippen LogP) is 2.98. The molecule has 28 heavy (non-hydrogen) atoms. The molecule has 2 amide bonds. The van der Waals surface area contributed by atoms with Crippen LogP contribution in [-0.4, -0.2) is 30.6 Å². The number of halogens is 2. The van der Waals surface area contributed by atoms with Gasteiger partial charge in [-0.15, -0.1) is 0 Å². The first kappa shape index (κ1) is 22.2. The maximum absolute atomic E-state index is 12.2. The molecule has 10 heteroatoms. The standard InChI is InChI=1S/C18H17ClIN3O4S/c1-10-7-12(4-5-13(10)19)27-9-16(24)22-23-18(28)21-17(25)11-3-6-15(26-2)14(20)8-11/h3-8H,9H2,1-2H3,(H,22,24)(H2,21,23,25,28). The van der Waals surface area contributed by atoms with E-state index < -0.39 is 11.8 Å². The van der Waals surface area contributed by atoms with Gasteiger partial charge in [0, 0.05) is 10.6 Å². The summed E-state index contributed by atoms with van der Waals surface area (Å²) in [6, 6.07) is 10.0. The van der Waals surface area contributed by atoms with Crippen molar-refractivity contribution in [3.63, 3.8) is 0 Å². The zero-order valence-electron chi connectivity index (χ0n) is 15.0. The summed E-state index contributed by atoms with van der Waals surface area (Å²) < 4.78 is 11.3. The van der Waals surface area contributed by atoms with E-state index in [-0.39, 0.29) is 11.7 Å². The molecule has 7 nitrogen and oxygen atoms in total. The lowest BCUT2D eigenvalue weighted by Crippen LogP contribution is -2.49. The Balaban J connectivity index is 1.78. The van der Waals surface area contributed by atoms with Gasteiger partial charge in [0.1, 0.15) is 11.5 Å². The topological polar surface area (TPSA) is 88.7 Å². The van der Waals surface area contributed by atoms with Crippen LogP contribution < -0.4 is 25.6 Å². The van der Waals surface area contributed by atoms with Gasteiger partial charge in [0.05, 0.1) is 10.7 Å². The molecule has 0 fully saturated rings. The number of thiocarbonyl (C=S) groups is 1. The molecule has 148 valence electrons. The van der Waals surface area contributed by atoms with E-state index >= 15 is 0 Å². The lowest BCUT2D eigenvalue weighted by molar-refractivity contribution is -0.123. The average Bonchev–Trinajstić information content (AvgIpc) is 2.67. The first-order valence-corrected chi connectivity index (χ1v) is 9.79. The van der Waals surface area contributed by atoms with Crippen LogP contribution in [0.2, 0.25) is 5.02 Å². The summed E-state index contributed by atoms with van der Waals surface area (Å²) in [6.45, 7) is 1.60. The fraction of sp³-hybridized carbons (Fsp3) is 0.167. The molecule has 0 aromatic heterocycles. The fourth-order valence-corrected chi connectivity index (χ4v) is 3.03. The molecule has 0 spiro atoms. The molecule has 0 unspecified atom stereocenters. The molecule has 2 aromatic carbocycles. The van der Waals surface area contributed by atoms with Crippen LogP contribution >= 0.6 is 46.4 Å². The van der Waals surface area contributed by atoms with Crippen molar-refractivity contribution >= 4 is 63.3 Å². The van der Waals surface area contributed by atoms with Gasteiger partial charge in [0.15, 0.2) is 11.7 Å². The highest BCUT2D eigenvalue weighted by atomic mass is 127. The number of hydrazine groups is 1. The van der Waals surface area contributed by atoms with Crippen molar-refractivity contribution in [3.05, 3.63) is 56.1 Å². The molecule has 0 saturated carbocycles. The molecule has 2 aromatic rings. The van der Waals surface area contributed by atoms with E-state index in [0.717, 1.165) is 9.13 Å². The third kappa shape index (κ3) is 6.50. The SMILES string of the molecule is COc1ccc(C(=O)NC(=S)NNC(=O)COc2ccc(Cl)c(C)c2)cc1I. The quantitative estimate of drug-likeness (QED) is 0.311. The number of methoxy groups -OCH3 is 1. The first-order chi connectivity index (χ1) is 13.3. The maximum atomic E-state index is 12.2. The highest BCUT2D eigenvalue weighted by molar-refractivity contribution is 14.1. The molecule has 0 heterocycles. The Morgan fingerprint density at radius 2 is 1.93 bits per heavy atom. The summed E-state index contributed by atoms with van der Waals surface area (Å²) >= 11 is 13.0. The Bertz CT molecular complexity index is 910. The van der Waals surface area contributed by atoms with Crippen LogP contribution in [0, 0.1) is 10.5 Å². The van der Waals surface area contributed by atoms with Crippen molar-refractivity contribution in [1.29, 1.82) is 0 Å². The number of carbonyl (C=O) groups excluding carboxylic acids is 2. The fourth-order valence-electron chi connectivity index (χ4n) is 2.03. The van der Waals surface area contributed by atoms with Crippen LogP contribution in [0.25, 0.3) is 0 Å². The van der Waals surface area contributed by atoms with Gasteiger partial charge in [-0.2, -0.15) is 0 Å². The molecular formula is C18H17ClIN3O4S. The van der Waals surface area contributed by atoms with E-state index in [4.69, 9.17) is 33.3 Å². The number of hydrogen-bond donors (Lipinski definition) is 3. The Kier molecular flexibility index (Phi) is 8.27. The van der Waals surface area contributed by atoms with Gasteiger partial charge in [0.25, 0.3) is 11.8 Å². The largest absolute Gasteiger partial charge is 0.496 e. The Morgan fingerprint density at radius 1 is 1.18 bits per heavy atom. The van der Waals surface area contributed by atoms with Crippen LogP contribution in [-0.2, 0) is 4.79 Å². The Hall–Kier alpha value is -2.11. The third-order valence-corrected chi connectivity index (χ3v) is 4.93. The number of rotatable bonds is 5. The number of hydrogen-bond acceptors (Lipinski definition) is 5. The molecule has 0 radical (unpaired) electrons. The summed E-state index contributed by atoms with van der Waals surface area (Å²) in [5.74, 6) is 0.298. The Labute approximate surface area is 186 Å². The molecule has 0 bridgehead atoms. The van der Waals surface area contributed by atoms with Gasteiger partial charge < -0.3 is 9.47 Å². The van der Waals surface area contributed by atoms with E-state index in [1.807, 2.05) is 6.92 Å². The monoisotopic (exact) mass is 533 g/mol. The van der Waals surface area contributed by atoms with Crippen molar-refractivity contribution in [2.45, 2.75) is 6.92 Å². The second kappa shape index (κ2) is 10.4. The molecule has 0 aliphatic rings. The van der Waals surface area contributed by atoms with Crippen molar-refractivity contribution < 1.29 is 19.1 Å². The zero-order chi connectivity index (χ0) is 20.7. The highest BCUT2D eigenvalue weighted by Gasteiger charge is 2.11. The number of ether oxygens (including phenoxy) is 2. The van der Waals surface area contributed by atoms with Crippen LogP contribution in [0.3, 0.4) is 0 Å². The summed E-state index contributed by atoms with van der Waals surface area (Å²) in [7, 11) is 1.55. The van der Waals surface area contributed by atoms with E-state index in [9.17, 15) is 9.59 Å². The van der Waals surface area contributed by atoms with Crippen molar-refractivity contribution in [2.75, 3.05) is 13.7 Å². The number of aryl methyl sites for hydroxylation is 1. The maximum Gasteiger partial charge on any atom is 0.276 e. The number of carbonyl (C=O) groups is 2. The van der Waals surface area contributed by atoms with Gasteiger partial charge in [-0.05, 0) is 83.7 Å². The van der Waals surface area contributed by atoms with Gasteiger partial charge >= 0.3 is 0 Å². The molecule has 3 N–H and O–H groups in total. The molecule has 0 atom stereocenters. The molecular weight excluding hydrogens is 517 g/mol. The molecule has 2 rings (SSSR count). The lowest BCUT2D eigenvalue weighted by atomic mass is 10.2. The smallest absolute Gasteiger partial charge is 0.276 e. The highest BCUT2D eigenvalue weighted by Crippen LogP contribution is 2.22. The van der Waals surface area contributed by atoms with Gasteiger partial charge in [-0.3, -0.25) is 25.8 Å². The summed E-state index contributed by atoms with van der Waals surface area (Å²) in [4.78, 5) is 24.0. The normalized spacial score (nSPS) is 10.0. The summed E-state index contributed by atoms with van der Waals surface area (Å²) in [5, 5.41) is 3.04. The minimum absolute atomic E-state index is 0.0495. The van der Waals surface area contributed by atoms with Gasteiger partial charge in [-0.25, -0.2) is 0 Å². The minimum atomic E-state index is -0.469. The van der Waals surface area contributed by atoms with E-state index in [0.29, 0.717) is 22.1 Å². The average molecular weight is 534 g/mol. The lowest BCUT2D eigenvalue weighted by Gasteiger charge is -2.12. The van der Waals surface area contributed by atoms with Gasteiger partial charge in [0.2, 0.25) is 0 Å². The van der Waals surface area contributed by atoms with Crippen LogP contribution in [0.5, 0.6) is 11.5 Å². The van der Waals surface area contributed by atoms with E-state index in [1.165, 1.54) is 0 Å². The first-order valence-electron chi connectivity index (χ1n) is 7.93. The number of benzene rings is 2. The zero-order valence-corrected chi connectivity index (χ0v) is 18.7. The van der Waals surface area contributed by atoms with Crippen LogP contribution in [0.1, 0.15) is 15.9 Å². The summed E-state index contributed by atoms with van der Waals surface area (Å²) in [5.41, 5.74) is 6.04. The summed E-state index contributed by atoms with van der Waals surface area (Å²) in [6.07, 6.45) is 0. The van der Waals surface area contributed by atoms with Gasteiger partial charge in [-0.1, -0.05) is 11.6 Å². The molecule has 0 aliphatic heterocycles. The Morgan fingerprint density at radius 3 is 2.57 bits per heavy atom. The number of nitrogens with one attached hydrogen (secondary N) is 3. The van der Waals surface area contributed by atoms with Crippen molar-refractivity contribution in [3.8, 4) is 11.5 Å². The molecule has 0 aliphatic carbocycles. The number of amides is 2. The van der Waals surface area contributed by atoms with Crippen molar-refractivity contribution in [2.24, 2.45) is 0 Å².